The van der Waals surface area contributed by atoms with Gasteiger partial charge in [0.25, 0.3) is 0 Å². The van der Waals surface area contributed by atoms with E-state index in [4.69, 9.17) is 5.73 Å². The highest BCUT2D eigenvalue weighted by atomic mass is 19.1. The molecule has 122 valence electrons. The molecule has 0 bridgehead atoms. The summed E-state index contributed by atoms with van der Waals surface area (Å²) in [5.41, 5.74) is 7.50. The summed E-state index contributed by atoms with van der Waals surface area (Å²) < 4.78 is 15.1. The zero-order chi connectivity index (χ0) is 16.4. The van der Waals surface area contributed by atoms with Gasteiger partial charge in [-0.25, -0.2) is 4.39 Å². The number of aromatic nitrogens is 2. The molecule has 1 aliphatic rings. The number of rotatable bonds is 5. The second kappa shape index (κ2) is 6.50. The Hall–Kier alpha value is -2.21. The number of carbonyl (C=O) groups excluding carboxylic acids is 1. The van der Waals surface area contributed by atoms with E-state index < -0.39 is 11.9 Å². The number of nitrogens with two attached hydrogens (primary N) is 1. The van der Waals surface area contributed by atoms with Crippen molar-refractivity contribution in [2.75, 3.05) is 6.54 Å². The summed E-state index contributed by atoms with van der Waals surface area (Å²) in [6, 6.07) is 5.67. The van der Waals surface area contributed by atoms with Crippen LogP contribution >= 0.6 is 0 Å². The van der Waals surface area contributed by atoms with E-state index in [0.717, 1.165) is 37.1 Å². The van der Waals surface area contributed by atoms with Crippen LogP contribution in [-0.4, -0.2) is 33.2 Å². The van der Waals surface area contributed by atoms with E-state index >= 15 is 0 Å². The predicted molar refractivity (Wildman–Crippen MR) is 85.0 cm³/mol. The smallest absolute Gasteiger partial charge is 0.239 e. The molecule has 1 amide bonds. The fourth-order valence-electron chi connectivity index (χ4n) is 3.34. The van der Waals surface area contributed by atoms with Crippen LogP contribution < -0.4 is 5.73 Å². The summed E-state index contributed by atoms with van der Waals surface area (Å²) in [7, 11) is 0. The third kappa shape index (κ3) is 3.42. The van der Waals surface area contributed by atoms with Gasteiger partial charge in [-0.05, 0) is 49.6 Å². The van der Waals surface area contributed by atoms with Crippen molar-refractivity contribution in [1.82, 2.24) is 14.7 Å². The minimum Gasteiger partial charge on any atom is -0.368 e. The van der Waals surface area contributed by atoms with Gasteiger partial charge in [-0.2, -0.15) is 5.10 Å². The van der Waals surface area contributed by atoms with E-state index in [2.05, 4.69) is 10.00 Å². The number of amides is 1. The molecule has 2 heterocycles. The van der Waals surface area contributed by atoms with Crippen LogP contribution in [0.3, 0.4) is 0 Å². The normalized spacial score (nSPS) is 19.8. The van der Waals surface area contributed by atoms with Gasteiger partial charge in [0, 0.05) is 12.2 Å². The van der Waals surface area contributed by atoms with Crippen LogP contribution in [0, 0.1) is 12.7 Å². The lowest BCUT2D eigenvalue weighted by Crippen LogP contribution is -2.42. The molecule has 0 spiro atoms. The summed E-state index contributed by atoms with van der Waals surface area (Å²) in [6.07, 6.45) is 5.82. The zero-order valence-corrected chi connectivity index (χ0v) is 13.2. The summed E-state index contributed by atoms with van der Waals surface area (Å²) in [5.74, 6) is -0.720. The summed E-state index contributed by atoms with van der Waals surface area (Å²) >= 11 is 0. The standard InChI is InChI=1S/C17H21FN4O/c1-12-9-20-21(10-12)11-15-3-2-8-22(15)16(17(19)23)13-4-6-14(18)7-5-13/h4-7,9-10,15-16H,2-3,8,11H2,1H3,(H2,19,23)/t15-,16-/m0/s1. The Labute approximate surface area is 134 Å². The van der Waals surface area contributed by atoms with E-state index in [0.29, 0.717) is 0 Å². The van der Waals surface area contributed by atoms with Crippen molar-refractivity contribution in [2.24, 2.45) is 5.73 Å². The molecule has 1 fully saturated rings. The van der Waals surface area contributed by atoms with E-state index in [9.17, 15) is 9.18 Å². The second-order valence-electron chi connectivity index (χ2n) is 6.13. The Morgan fingerprint density at radius 2 is 2.17 bits per heavy atom. The quantitative estimate of drug-likeness (QED) is 0.918. The van der Waals surface area contributed by atoms with Crippen molar-refractivity contribution in [3.8, 4) is 0 Å². The summed E-state index contributed by atoms with van der Waals surface area (Å²) in [4.78, 5) is 14.2. The number of carbonyl (C=O) groups is 1. The molecule has 23 heavy (non-hydrogen) atoms. The molecule has 2 aromatic rings. The van der Waals surface area contributed by atoms with Crippen LogP contribution in [0.15, 0.2) is 36.7 Å². The van der Waals surface area contributed by atoms with Crippen molar-refractivity contribution >= 4 is 5.91 Å². The van der Waals surface area contributed by atoms with Gasteiger partial charge in [0.1, 0.15) is 11.9 Å². The molecule has 5 nitrogen and oxygen atoms in total. The van der Waals surface area contributed by atoms with Crippen LogP contribution in [-0.2, 0) is 11.3 Å². The molecule has 3 rings (SSSR count). The second-order valence-corrected chi connectivity index (χ2v) is 6.13. The van der Waals surface area contributed by atoms with E-state index in [1.807, 2.05) is 24.0 Å². The molecule has 0 unspecified atom stereocenters. The Balaban J connectivity index is 1.83. The van der Waals surface area contributed by atoms with Crippen molar-refractivity contribution < 1.29 is 9.18 Å². The minimum atomic E-state index is -0.528. The Morgan fingerprint density at radius 1 is 1.43 bits per heavy atom. The average molecular weight is 316 g/mol. The highest BCUT2D eigenvalue weighted by molar-refractivity contribution is 5.81. The van der Waals surface area contributed by atoms with Crippen LogP contribution in [0.5, 0.6) is 0 Å². The maximum absolute atomic E-state index is 13.2. The van der Waals surface area contributed by atoms with E-state index in [1.54, 1.807) is 12.1 Å². The summed E-state index contributed by atoms with van der Waals surface area (Å²) in [5, 5.41) is 4.33. The first-order valence-electron chi connectivity index (χ1n) is 7.84. The van der Waals surface area contributed by atoms with Gasteiger partial charge in [-0.1, -0.05) is 12.1 Å². The Bertz CT molecular complexity index is 682. The first-order valence-corrected chi connectivity index (χ1v) is 7.84. The molecular formula is C17H21FN4O. The third-order valence-corrected chi connectivity index (χ3v) is 4.37. The lowest BCUT2D eigenvalue weighted by molar-refractivity contribution is -0.124. The van der Waals surface area contributed by atoms with Gasteiger partial charge in [-0.3, -0.25) is 14.4 Å². The van der Waals surface area contributed by atoms with Crippen LogP contribution in [0.25, 0.3) is 0 Å². The Morgan fingerprint density at radius 3 is 2.78 bits per heavy atom. The van der Waals surface area contributed by atoms with E-state index in [-0.39, 0.29) is 11.9 Å². The summed E-state index contributed by atoms with van der Waals surface area (Å²) in [6.45, 7) is 3.52. The Kier molecular flexibility index (Phi) is 4.43. The van der Waals surface area contributed by atoms with Crippen molar-refractivity contribution in [3.05, 3.63) is 53.6 Å². The van der Waals surface area contributed by atoms with Crippen molar-refractivity contribution in [3.63, 3.8) is 0 Å². The van der Waals surface area contributed by atoms with Gasteiger partial charge in [0.2, 0.25) is 5.91 Å². The first kappa shape index (κ1) is 15.7. The molecular weight excluding hydrogens is 295 g/mol. The maximum Gasteiger partial charge on any atom is 0.239 e. The van der Waals surface area contributed by atoms with Gasteiger partial charge >= 0.3 is 0 Å². The number of benzene rings is 1. The molecule has 1 aromatic carbocycles. The maximum atomic E-state index is 13.2. The third-order valence-electron chi connectivity index (χ3n) is 4.37. The highest BCUT2D eigenvalue weighted by Crippen LogP contribution is 2.30. The minimum absolute atomic E-state index is 0.192. The average Bonchev–Trinajstić information content (AvgIpc) is 3.11. The van der Waals surface area contributed by atoms with Gasteiger partial charge in [0.05, 0.1) is 12.7 Å². The molecule has 2 atom stereocenters. The molecule has 1 aromatic heterocycles. The van der Waals surface area contributed by atoms with Crippen LogP contribution in [0.4, 0.5) is 4.39 Å². The number of halogens is 1. The van der Waals surface area contributed by atoms with Crippen LogP contribution in [0.2, 0.25) is 0 Å². The molecule has 0 radical (unpaired) electrons. The molecule has 0 saturated carbocycles. The fraction of sp³-hybridized carbons (Fsp3) is 0.412. The number of hydrogen-bond acceptors (Lipinski definition) is 3. The molecule has 1 saturated heterocycles. The van der Waals surface area contributed by atoms with Crippen molar-refractivity contribution in [1.29, 1.82) is 0 Å². The first-order chi connectivity index (χ1) is 11.0. The zero-order valence-electron chi connectivity index (χ0n) is 13.2. The fourth-order valence-corrected chi connectivity index (χ4v) is 3.34. The SMILES string of the molecule is Cc1cnn(C[C@@H]2CCCN2[C@H](C(N)=O)c2ccc(F)cc2)c1. The lowest BCUT2D eigenvalue weighted by atomic mass is 10.0. The molecule has 1 aliphatic heterocycles. The number of hydrogen-bond donors (Lipinski definition) is 1. The van der Waals surface area contributed by atoms with E-state index in [1.165, 1.54) is 12.1 Å². The molecule has 6 heteroatoms. The van der Waals surface area contributed by atoms with Gasteiger partial charge in [0.15, 0.2) is 0 Å². The predicted octanol–water partition coefficient (Wildman–Crippen LogP) is 2.02. The number of aryl methyl sites for hydroxylation is 1. The van der Waals surface area contributed by atoms with Crippen LogP contribution in [0.1, 0.15) is 30.0 Å². The number of primary amides is 1. The number of likely N-dealkylation sites (tertiary alicyclic amines) is 1. The largest absolute Gasteiger partial charge is 0.368 e. The lowest BCUT2D eigenvalue weighted by Gasteiger charge is -2.31. The van der Waals surface area contributed by atoms with Gasteiger partial charge < -0.3 is 5.73 Å². The van der Waals surface area contributed by atoms with Crippen molar-refractivity contribution in [2.45, 2.75) is 38.4 Å². The molecule has 0 aliphatic carbocycles. The van der Waals surface area contributed by atoms with Gasteiger partial charge in [-0.15, -0.1) is 0 Å². The topological polar surface area (TPSA) is 64.2 Å². The molecule has 2 N–H and O–H groups in total. The highest BCUT2D eigenvalue weighted by Gasteiger charge is 2.35. The number of nitrogens with zero attached hydrogens (tertiary/aromatic N) is 3. The monoisotopic (exact) mass is 316 g/mol.